The molecule has 0 bridgehead atoms. The summed E-state index contributed by atoms with van der Waals surface area (Å²) in [6.07, 6.45) is 0. The van der Waals surface area contributed by atoms with Gasteiger partial charge >= 0.3 is 0 Å². The van der Waals surface area contributed by atoms with Crippen LogP contribution < -0.4 is 5.32 Å². The minimum absolute atomic E-state index is 0.0430. The first-order valence-electron chi connectivity index (χ1n) is 7.38. The van der Waals surface area contributed by atoms with E-state index in [0.29, 0.717) is 27.6 Å². The highest BCUT2D eigenvalue weighted by Gasteiger charge is 2.16. The van der Waals surface area contributed by atoms with Crippen molar-refractivity contribution in [1.82, 2.24) is 14.8 Å². The number of aryl methyl sites for hydroxylation is 3. The zero-order valence-electron chi connectivity index (χ0n) is 13.8. The van der Waals surface area contributed by atoms with Crippen molar-refractivity contribution in [3.63, 3.8) is 0 Å². The number of nitro benzene ring substituents is 1. The van der Waals surface area contributed by atoms with Crippen LogP contribution >= 0.6 is 11.3 Å². The van der Waals surface area contributed by atoms with Crippen LogP contribution in [-0.4, -0.2) is 25.6 Å². The third-order valence-corrected chi connectivity index (χ3v) is 4.42. The SMILES string of the molecule is Cc1cc(C(=O)Nc2nc(-c3ccc(C)c([N+](=O)[O-])c3)cs2)n(C)n1. The van der Waals surface area contributed by atoms with Gasteiger partial charge in [0.05, 0.1) is 16.3 Å². The smallest absolute Gasteiger partial charge is 0.275 e. The van der Waals surface area contributed by atoms with Gasteiger partial charge in [-0.1, -0.05) is 12.1 Å². The maximum atomic E-state index is 12.3. The van der Waals surface area contributed by atoms with E-state index in [9.17, 15) is 14.9 Å². The number of rotatable bonds is 4. The second kappa shape index (κ2) is 6.44. The number of carbonyl (C=O) groups excluding carboxylic acids is 1. The highest BCUT2D eigenvalue weighted by atomic mass is 32.1. The molecule has 0 saturated heterocycles. The van der Waals surface area contributed by atoms with Crippen molar-refractivity contribution in [2.75, 3.05) is 5.32 Å². The molecule has 3 rings (SSSR count). The van der Waals surface area contributed by atoms with E-state index in [1.165, 1.54) is 22.1 Å². The number of hydrogen-bond donors (Lipinski definition) is 1. The molecule has 1 aromatic carbocycles. The van der Waals surface area contributed by atoms with Crippen molar-refractivity contribution in [1.29, 1.82) is 0 Å². The minimum atomic E-state index is -0.418. The van der Waals surface area contributed by atoms with E-state index in [4.69, 9.17) is 0 Å². The largest absolute Gasteiger partial charge is 0.296 e. The summed E-state index contributed by atoms with van der Waals surface area (Å²) < 4.78 is 1.50. The first kappa shape index (κ1) is 16.8. The number of amides is 1. The summed E-state index contributed by atoms with van der Waals surface area (Å²) >= 11 is 1.26. The van der Waals surface area contributed by atoms with Gasteiger partial charge in [-0.15, -0.1) is 11.3 Å². The molecule has 2 heterocycles. The fourth-order valence-corrected chi connectivity index (χ4v) is 3.13. The zero-order chi connectivity index (χ0) is 18.1. The molecule has 9 heteroatoms. The second-order valence-corrected chi connectivity index (χ2v) is 6.40. The minimum Gasteiger partial charge on any atom is -0.296 e. The van der Waals surface area contributed by atoms with E-state index in [0.717, 1.165) is 5.69 Å². The van der Waals surface area contributed by atoms with E-state index in [1.54, 1.807) is 37.6 Å². The average molecular weight is 357 g/mol. The van der Waals surface area contributed by atoms with Crippen LogP contribution in [0.25, 0.3) is 11.3 Å². The van der Waals surface area contributed by atoms with Crippen molar-refractivity contribution >= 4 is 28.1 Å². The third-order valence-electron chi connectivity index (χ3n) is 3.66. The standard InChI is InChI=1S/C16H15N5O3S/c1-9-4-5-11(7-13(9)21(23)24)12-8-25-16(17-12)18-15(22)14-6-10(2)19-20(14)3/h4-8H,1-3H3,(H,17,18,22). The Hall–Kier alpha value is -3.07. The second-order valence-electron chi connectivity index (χ2n) is 5.54. The van der Waals surface area contributed by atoms with Gasteiger partial charge in [-0.3, -0.25) is 24.9 Å². The van der Waals surface area contributed by atoms with E-state index < -0.39 is 4.92 Å². The molecule has 0 unspecified atom stereocenters. The van der Waals surface area contributed by atoms with Crippen LogP contribution in [0.5, 0.6) is 0 Å². The maximum Gasteiger partial charge on any atom is 0.275 e. The van der Waals surface area contributed by atoms with Gasteiger partial charge in [-0.2, -0.15) is 5.10 Å². The monoisotopic (exact) mass is 357 g/mol. The first-order valence-corrected chi connectivity index (χ1v) is 8.26. The molecule has 25 heavy (non-hydrogen) atoms. The lowest BCUT2D eigenvalue weighted by atomic mass is 10.1. The van der Waals surface area contributed by atoms with Gasteiger partial charge in [0, 0.05) is 29.6 Å². The highest BCUT2D eigenvalue weighted by Crippen LogP contribution is 2.29. The summed E-state index contributed by atoms with van der Waals surface area (Å²) in [5, 5.41) is 20.1. The molecule has 3 aromatic rings. The lowest BCUT2D eigenvalue weighted by Crippen LogP contribution is -2.15. The molecular formula is C16H15N5O3S. The summed E-state index contributed by atoms with van der Waals surface area (Å²) in [4.78, 5) is 27.3. The zero-order valence-corrected chi connectivity index (χ0v) is 14.6. The topological polar surface area (TPSA) is 103 Å². The predicted molar refractivity (Wildman–Crippen MR) is 94.8 cm³/mol. The number of hydrogen-bond acceptors (Lipinski definition) is 6. The van der Waals surface area contributed by atoms with E-state index in [2.05, 4.69) is 15.4 Å². The van der Waals surface area contributed by atoms with Crippen LogP contribution in [0.15, 0.2) is 29.6 Å². The number of benzene rings is 1. The summed E-state index contributed by atoms with van der Waals surface area (Å²) in [7, 11) is 1.70. The molecule has 0 spiro atoms. The first-order chi connectivity index (χ1) is 11.8. The number of carbonyl (C=O) groups is 1. The predicted octanol–water partition coefficient (Wildman–Crippen LogP) is 3.32. The van der Waals surface area contributed by atoms with E-state index in [-0.39, 0.29) is 11.6 Å². The van der Waals surface area contributed by atoms with Gasteiger partial charge in [0.1, 0.15) is 5.69 Å². The van der Waals surface area contributed by atoms with Crippen molar-refractivity contribution in [2.45, 2.75) is 13.8 Å². The van der Waals surface area contributed by atoms with Gasteiger partial charge < -0.3 is 0 Å². The van der Waals surface area contributed by atoms with Crippen molar-refractivity contribution < 1.29 is 9.72 Å². The molecule has 0 fully saturated rings. The van der Waals surface area contributed by atoms with E-state index in [1.807, 2.05) is 6.92 Å². The Morgan fingerprint density at radius 3 is 2.72 bits per heavy atom. The van der Waals surface area contributed by atoms with Crippen molar-refractivity contribution in [3.8, 4) is 11.3 Å². The van der Waals surface area contributed by atoms with Crippen LogP contribution in [0.2, 0.25) is 0 Å². The third kappa shape index (κ3) is 3.41. The van der Waals surface area contributed by atoms with Crippen LogP contribution in [0.3, 0.4) is 0 Å². The molecule has 8 nitrogen and oxygen atoms in total. The number of aromatic nitrogens is 3. The summed E-state index contributed by atoms with van der Waals surface area (Å²) in [6.45, 7) is 3.49. The van der Waals surface area contributed by atoms with Crippen molar-refractivity contribution in [3.05, 3.63) is 56.7 Å². The number of thiazole rings is 1. The van der Waals surface area contributed by atoms with Crippen LogP contribution in [0.1, 0.15) is 21.7 Å². The summed E-state index contributed by atoms with van der Waals surface area (Å²) in [6, 6.07) is 6.63. The van der Waals surface area contributed by atoms with Gasteiger partial charge in [-0.25, -0.2) is 4.98 Å². The Morgan fingerprint density at radius 2 is 2.08 bits per heavy atom. The lowest BCUT2D eigenvalue weighted by molar-refractivity contribution is -0.385. The molecule has 0 aliphatic rings. The fraction of sp³-hybridized carbons (Fsp3) is 0.188. The molecule has 2 aromatic heterocycles. The Labute approximate surface area is 147 Å². The molecule has 128 valence electrons. The highest BCUT2D eigenvalue weighted by molar-refractivity contribution is 7.14. The van der Waals surface area contributed by atoms with Crippen molar-refractivity contribution in [2.24, 2.45) is 7.05 Å². The average Bonchev–Trinajstić information content (AvgIpc) is 3.13. The Bertz CT molecular complexity index is 976. The fourth-order valence-electron chi connectivity index (χ4n) is 2.41. The lowest BCUT2D eigenvalue weighted by Gasteiger charge is -2.02. The number of nitro groups is 1. The van der Waals surface area contributed by atoms with E-state index >= 15 is 0 Å². The Balaban J connectivity index is 1.83. The summed E-state index contributed by atoms with van der Waals surface area (Å²) in [5.41, 5.74) is 3.01. The number of nitrogens with zero attached hydrogens (tertiary/aromatic N) is 4. The van der Waals surface area contributed by atoms with Gasteiger partial charge in [-0.05, 0) is 19.9 Å². The number of nitrogens with one attached hydrogen (secondary N) is 1. The van der Waals surface area contributed by atoms with Gasteiger partial charge in [0.2, 0.25) is 0 Å². The van der Waals surface area contributed by atoms with Crippen LogP contribution in [-0.2, 0) is 7.05 Å². The Kier molecular flexibility index (Phi) is 4.32. The van der Waals surface area contributed by atoms with Gasteiger partial charge in [0.15, 0.2) is 5.13 Å². The van der Waals surface area contributed by atoms with Crippen LogP contribution in [0.4, 0.5) is 10.8 Å². The van der Waals surface area contributed by atoms with Crippen LogP contribution in [0, 0.1) is 24.0 Å². The maximum absolute atomic E-state index is 12.3. The summed E-state index contributed by atoms with van der Waals surface area (Å²) in [5.74, 6) is -0.307. The Morgan fingerprint density at radius 1 is 1.32 bits per heavy atom. The quantitative estimate of drug-likeness (QED) is 0.570. The molecule has 0 aliphatic heterocycles. The molecular weight excluding hydrogens is 342 g/mol. The number of anilines is 1. The molecule has 0 radical (unpaired) electrons. The molecule has 1 amide bonds. The molecule has 0 saturated carbocycles. The molecule has 0 atom stereocenters. The molecule has 0 aliphatic carbocycles. The normalized spacial score (nSPS) is 10.7. The molecule has 1 N–H and O–H groups in total. The van der Waals surface area contributed by atoms with Gasteiger partial charge in [0.25, 0.3) is 11.6 Å².